The molecule has 0 spiro atoms. The van der Waals surface area contributed by atoms with Crippen LogP contribution >= 0.6 is 11.3 Å². The highest BCUT2D eigenvalue weighted by molar-refractivity contribution is 7.18. The van der Waals surface area contributed by atoms with Crippen LogP contribution in [0.25, 0.3) is 0 Å². The van der Waals surface area contributed by atoms with E-state index in [9.17, 15) is 4.79 Å². The minimum atomic E-state index is 0.0444. The smallest absolute Gasteiger partial charge is 0.267 e. The molecule has 2 fully saturated rings. The van der Waals surface area contributed by atoms with Crippen LogP contribution in [0.2, 0.25) is 0 Å². The molecule has 7 heteroatoms. The number of hydrogen-bond acceptors (Lipinski definition) is 6. The van der Waals surface area contributed by atoms with Gasteiger partial charge in [-0.15, -0.1) is 0 Å². The second kappa shape index (κ2) is 6.19. The Bertz CT molecular complexity index is 517. The monoisotopic (exact) mass is 309 g/mol. The average Bonchev–Trinajstić information content (AvgIpc) is 2.99. The molecule has 1 amide bonds. The maximum Gasteiger partial charge on any atom is 0.267 e. The molecule has 2 saturated heterocycles. The van der Waals surface area contributed by atoms with Gasteiger partial charge in [-0.25, -0.2) is 4.98 Å². The van der Waals surface area contributed by atoms with Crippen LogP contribution in [0, 0.1) is 0 Å². The topological polar surface area (TPSA) is 74.5 Å². The van der Waals surface area contributed by atoms with Crippen molar-refractivity contribution < 1.29 is 4.79 Å². The Hall–Kier alpha value is -1.34. The standard InChI is InChI=1S/C14H23N5OS/c1-2-16-14-17-12(15)11(21-14)13(20)19-8-4-7-18-6-3-5-10(18)9-19/h10H,2-9,15H2,1H3,(H,16,17). The number of rotatable bonds is 3. The fourth-order valence-corrected chi connectivity index (χ4v) is 4.17. The predicted molar refractivity (Wildman–Crippen MR) is 85.8 cm³/mol. The van der Waals surface area contributed by atoms with Crippen molar-refractivity contribution in [1.82, 2.24) is 14.8 Å². The molecule has 0 saturated carbocycles. The highest BCUT2D eigenvalue weighted by Gasteiger charge is 2.32. The maximum absolute atomic E-state index is 12.7. The minimum absolute atomic E-state index is 0.0444. The van der Waals surface area contributed by atoms with Crippen molar-refractivity contribution in [2.24, 2.45) is 0 Å². The van der Waals surface area contributed by atoms with E-state index in [-0.39, 0.29) is 5.91 Å². The fourth-order valence-electron chi connectivity index (χ4n) is 3.25. The lowest BCUT2D eigenvalue weighted by atomic mass is 10.2. The van der Waals surface area contributed by atoms with E-state index in [1.807, 2.05) is 11.8 Å². The zero-order valence-corrected chi connectivity index (χ0v) is 13.3. The molecule has 2 aliphatic rings. The first-order valence-electron chi connectivity index (χ1n) is 7.72. The van der Waals surface area contributed by atoms with Crippen molar-refractivity contribution >= 4 is 28.2 Å². The molecule has 1 unspecified atom stereocenters. The van der Waals surface area contributed by atoms with Crippen molar-refractivity contribution in [3.8, 4) is 0 Å². The van der Waals surface area contributed by atoms with Gasteiger partial charge in [0, 0.05) is 32.2 Å². The summed E-state index contributed by atoms with van der Waals surface area (Å²) in [7, 11) is 0. The number of nitrogens with two attached hydrogens (primary N) is 1. The van der Waals surface area contributed by atoms with E-state index in [0.29, 0.717) is 16.7 Å². The first-order valence-corrected chi connectivity index (χ1v) is 8.54. The Morgan fingerprint density at radius 3 is 3.05 bits per heavy atom. The van der Waals surface area contributed by atoms with Crippen molar-refractivity contribution in [3.05, 3.63) is 4.88 Å². The highest BCUT2D eigenvalue weighted by atomic mass is 32.1. The third-order valence-corrected chi connectivity index (χ3v) is 5.28. The Morgan fingerprint density at radius 1 is 1.43 bits per heavy atom. The van der Waals surface area contributed by atoms with Crippen molar-refractivity contribution in [3.63, 3.8) is 0 Å². The summed E-state index contributed by atoms with van der Waals surface area (Å²) in [6.45, 7) is 6.71. The van der Waals surface area contributed by atoms with E-state index in [1.54, 1.807) is 0 Å². The Balaban J connectivity index is 1.74. The van der Waals surface area contributed by atoms with Crippen LogP contribution in [-0.4, -0.2) is 59.5 Å². The number of aromatic nitrogens is 1. The molecular weight excluding hydrogens is 286 g/mol. The van der Waals surface area contributed by atoms with Gasteiger partial charge in [0.15, 0.2) is 5.13 Å². The molecular formula is C14H23N5OS. The van der Waals surface area contributed by atoms with E-state index in [2.05, 4.69) is 15.2 Å². The number of hydrogen-bond donors (Lipinski definition) is 2. The number of amides is 1. The van der Waals surface area contributed by atoms with Crippen LogP contribution in [0.3, 0.4) is 0 Å². The van der Waals surface area contributed by atoms with Crippen molar-refractivity contribution in [2.75, 3.05) is 43.8 Å². The minimum Gasteiger partial charge on any atom is -0.382 e. The molecule has 3 rings (SSSR count). The quantitative estimate of drug-likeness (QED) is 0.884. The zero-order chi connectivity index (χ0) is 14.8. The van der Waals surface area contributed by atoms with Crippen molar-refractivity contribution in [1.29, 1.82) is 0 Å². The molecule has 2 aliphatic heterocycles. The molecule has 0 bridgehead atoms. The Morgan fingerprint density at radius 2 is 2.24 bits per heavy atom. The molecule has 0 radical (unpaired) electrons. The third kappa shape index (κ3) is 2.98. The van der Waals surface area contributed by atoms with Crippen LogP contribution < -0.4 is 11.1 Å². The number of nitrogens with zero attached hydrogens (tertiary/aromatic N) is 3. The van der Waals surface area contributed by atoms with Gasteiger partial charge in [-0.1, -0.05) is 11.3 Å². The summed E-state index contributed by atoms with van der Waals surface area (Å²) in [6, 6.07) is 0.527. The van der Waals surface area contributed by atoms with Gasteiger partial charge in [0.1, 0.15) is 10.7 Å². The second-order valence-corrected chi connectivity index (χ2v) is 6.70. The summed E-state index contributed by atoms with van der Waals surface area (Å²) >= 11 is 1.37. The van der Waals surface area contributed by atoms with Crippen LogP contribution in [0.4, 0.5) is 10.9 Å². The summed E-state index contributed by atoms with van der Waals surface area (Å²) in [4.78, 5) is 22.1. The van der Waals surface area contributed by atoms with Gasteiger partial charge in [-0.05, 0) is 32.7 Å². The van der Waals surface area contributed by atoms with Gasteiger partial charge in [0.25, 0.3) is 5.91 Å². The number of nitrogens with one attached hydrogen (secondary N) is 1. The van der Waals surface area contributed by atoms with Crippen LogP contribution in [-0.2, 0) is 0 Å². The van der Waals surface area contributed by atoms with Gasteiger partial charge >= 0.3 is 0 Å². The Kier molecular flexibility index (Phi) is 4.30. The first-order chi connectivity index (χ1) is 10.2. The molecule has 1 atom stereocenters. The van der Waals surface area contributed by atoms with Gasteiger partial charge in [0.2, 0.25) is 0 Å². The van der Waals surface area contributed by atoms with Gasteiger partial charge in [-0.2, -0.15) is 0 Å². The molecule has 21 heavy (non-hydrogen) atoms. The molecule has 6 nitrogen and oxygen atoms in total. The molecule has 0 aliphatic carbocycles. The van der Waals surface area contributed by atoms with E-state index in [0.717, 1.165) is 37.7 Å². The number of carbonyl (C=O) groups excluding carboxylic acids is 1. The van der Waals surface area contributed by atoms with E-state index >= 15 is 0 Å². The normalized spacial score (nSPS) is 22.9. The van der Waals surface area contributed by atoms with E-state index < -0.39 is 0 Å². The lowest BCUT2D eigenvalue weighted by Gasteiger charge is -2.25. The zero-order valence-electron chi connectivity index (χ0n) is 12.5. The largest absolute Gasteiger partial charge is 0.382 e. The lowest BCUT2D eigenvalue weighted by molar-refractivity contribution is 0.0749. The van der Waals surface area contributed by atoms with E-state index in [4.69, 9.17) is 5.73 Å². The fraction of sp³-hybridized carbons (Fsp3) is 0.714. The lowest BCUT2D eigenvalue weighted by Crippen LogP contribution is -2.39. The Labute approximate surface area is 129 Å². The van der Waals surface area contributed by atoms with Gasteiger partial charge in [-0.3, -0.25) is 9.69 Å². The summed E-state index contributed by atoms with van der Waals surface area (Å²) in [5.74, 6) is 0.399. The summed E-state index contributed by atoms with van der Waals surface area (Å²) < 4.78 is 0. The molecule has 3 heterocycles. The predicted octanol–water partition coefficient (Wildman–Crippen LogP) is 1.47. The number of thiazole rings is 1. The molecule has 0 aromatic carbocycles. The number of nitrogen functional groups attached to an aromatic ring is 1. The van der Waals surface area contributed by atoms with Gasteiger partial charge < -0.3 is 16.0 Å². The van der Waals surface area contributed by atoms with Crippen LogP contribution in [0.1, 0.15) is 35.9 Å². The van der Waals surface area contributed by atoms with E-state index in [1.165, 1.54) is 30.7 Å². The van der Waals surface area contributed by atoms with Gasteiger partial charge in [0.05, 0.1) is 0 Å². The molecule has 3 N–H and O–H groups in total. The number of anilines is 2. The second-order valence-electron chi connectivity index (χ2n) is 5.70. The first kappa shape index (κ1) is 14.6. The summed E-state index contributed by atoms with van der Waals surface area (Å²) in [6.07, 6.45) is 3.49. The van der Waals surface area contributed by atoms with Crippen LogP contribution in [0.5, 0.6) is 0 Å². The third-order valence-electron chi connectivity index (χ3n) is 4.27. The summed E-state index contributed by atoms with van der Waals surface area (Å²) in [5.41, 5.74) is 5.93. The highest BCUT2D eigenvalue weighted by Crippen LogP contribution is 2.28. The maximum atomic E-state index is 12.7. The molecule has 116 valence electrons. The SMILES string of the molecule is CCNc1nc(N)c(C(=O)N2CCCN3CCCC3C2)s1. The number of carbonyl (C=O) groups is 1. The van der Waals surface area contributed by atoms with Crippen LogP contribution in [0.15, 0.2) is 0 Å². The summed E-state index contributed by atoms with van der Waals surface area (Å²) in [5, 5.41) is 3.86. The molecule has 1 aromatic rings. The van der Waals surface area contributed by atoms with Crippen molar-refractivity contribution in [2.45, 2.75) is 32.2 Å². The average molecular weight is 309 g/mol. The molecule has 1 aromatic heterocycles. The number of fused-ring (bicyclic) bond motifs is 1.